The highest BCUT2D eigenvalue weighted by atomic mass is 16.5. The van der Waals surface area contributed by atoms with Gasteiger partial charge in [0.25, 0.3) is 0 Å². The Bertz CT molecular complexity index is 395. The molecule has 1 rings (SSSR count). The largest absolute Gasteiger partial charge is 0.481 e. The van der Waals surface area contributed by atoms with Gasteiger partial charge in [-0.1, -0.05) is 13.3 Å². The lowest BCUT2D eigenvalue weighted by Crippen LogP contribution is -2.35. The molecule has 0 aliphatic carbocycles. The summed E-state index contributed by atoms with van der Waals surface area (Å²) in [5, 5.41) is 2.58. The Balaban J connectivity index is 2.74. The molecule has 0 unspecified atom stereocenters. The SMILES string of the molecule is CCC[C@@H](N)C(=O)Nc1nc(C)cc(OC)n1. The number of carbonyl (C=O) groups excluding carboxylic acids is 1. The number of methoxy groups -OCH3 is 1. The van der Waals surface area contributed by atoms with Gasteiger partial charge in [-0.3, -0.25) is 10.1 Å². The van der Waals surface area contributed by atoms with Gasteiger partial charge in [0, 0.05) is 11.8 Å². The molecule has 0 spiro atoms. The summed E-state index contributed by atoms with van der Waals surface area (Å²) in [6, 6.07) is 1.15. The number of rotatable bonds is 5. The lowest BCUT2D eigenvalue weighted by atomic mass is 10.2. The van der Waals surface area contributed by atoms with Crippen LogP contribution in [-0.2, 0) is 4.79 Å². The molecule has 1 amide bonds. The van der Waals surface area contributed by atoms with Crippen LogP contribution in [0.3, 0.4) is 0 Å². The van der Waals surface area contributed by atoms with E-state index in [0.29, 0.717) is 12.3 Å². The Labute approximate surface area is 101 Å². The van der Waals surface area contributed by atoms with Crippen molar-refractivity contribution in [1.82, 2.24) is 9.97 Å². The predicted octanol–water partition coefficient (Wildman–Crippen LogP) is 0.860. The van der Waals surface area contributed by atoms with Gasteiger partial charge in [-0.25, -0.2) is 4.98 Å². The molecule has 17 heavy (non-hydrogen) atoms. The molecule has 6 nitrogen and oxygen atoms in total. The van der Waals surface area contributed by atoms with E-state index in [4.69, 9.17) is 10.5 Å². The highest BCUT2D eigenvalue weighted by molar-refractivity contribution is 5.93. The zero-order valence-electron chi connectivity index (χ0n) is 10.4. The Morgan fingerprint density at radius 1 is 1.59 bits per heavy atom. The lowest BCUT2D eigenvalue weighted by Gasteiger charge is -2.10. The maximum atomic E-state index is 11.7. The monoisotopic (exact) mass is 238 g/mol. The smallest absolute Gasteiger partial charge is 0.243 e. The van der Waals surface area contributed by atoms with Gasteiger partial charge in [-0.05, 0) is 13.3 Å². The van der Waals surface area contributed by atoms with Crippen molar-refractivity contribution < 1.29 is 9.53 Å². The number of ether oxygens (including phenoxy) is 1. The third kappa shape index (κ3) is 3.99. The van der Waals surface area contributed by atoms with Crippen LogP contribution in [0.25, 0.3) is 0 Å². The number of nitrogens with zero attached hydrogens (tertiary/aromatic N) is 2. The molecular weight excluding hydrogens is 220 g/mol. The Morgan fingerprint density at radius 3 is 2.88 bits per heavy atom. The number of aryl methyl sites for hydroxylation is 1. The zero-order chi connectivity index (χ0) is 12.8. The van der Waals surface area contributed by atoms with Gasteiger partial charge in [0.15, 0.2) is 0 Å². The van der Waals surface area contributed by atoms with Crippen LogP contribution in [0.5, 0.6) is 5.88 Å². The van der Waals surface area contributed by atoms with Gasteiger partial charge < -0.3 is 10.5 Å². The Kier molecular flexibility index (Phi) is 4.84. The molecule has 1 aromatic heterocycles. The molecule has 94 valence electrons. The summed E-state index contributed by atoms with van der Waals surface area (Å²) in [5.41, 5.74) is 6.40. The molecule has 3 N–H and O–H groups in total. The molecule has 0 saturated carbocycles. The fraction of sp³-hybridized carbons (Fsp3) is 0.545. The van der Waals surface area contributed by atoms with Gasteiger partial charge in [0.1, 0.15) is 0 Å². The molecule has 0 fully saturated rings. The average molecular weight is 238 g/mol. The van der Waals surface area contributed by atoms with Crippen LogP contribution in [-0.4, -0.2) is 29.0 Å². The molecule has 6 heteroatoms. The first kappa shape index (κ1) is 13.4. The van der Waals surface area contributed by atoms with E-state index in [1.807, 2.05) is 6.92 Å². The van der Waals surface area contributed by atoms with Gasteiger partial charge in [-0.2, -0.15) is 4.98 Å². The van der Waals surface area contributed by atoms with E-state index in [0.717, 1.165) is 12.1 Å². The second-order valence-corrected chi connectivity index (χ2v) is 3.76. The lowest BCUT2D eigenvalue weighted by molar-refractivity contribution is -0.117. The second kappa shape index (κ2) is 6.15. The van der Waals surface area contributed by atoms with Crippen molar-refractivity contribution in [1.29, 1.82) is 0 Å². The molecule has 1 aromatic rings. The number of carbonyl (C=O) groups is 1. The standard InChI is InChI=1S/C11H18N4O2/c1-4-5-8(12)10(16)15-11-13-7(2)6-9(14-11)17-3/h6,8H,4-5,12H2,1-3H3,(H,13,14,15,16)/t8-/m1/s1. The van der Waals surface area contributed by atoms with Crippen LogP contribution >= 0.6 is 0 Å². The quantitative estimate of drug-likeness (QED) is 0.794. The summed E-state index contributed by atoms with van der Waals surface area (Å²) in [7, 11) is 1.51. The van der Waals surface area contributed by atoms with E-state index in [9.17, 15) is 4.79 Å². The summed E-state index contributed by atoms with van der Waals surface area (Å²) < 4.78 is 4.99. The van der Waals surface area contributed by atoms with Crippen LogP contribution in [0.4, 0.5) is 5.95 Å². The van der Waals surface area contributed by atoms with Crippen LogP contribution in [0.15, 0.2) is 6.07 Å². The maximum Gasteiger partial charge on any atom is 0.243 e. The van der Waals surface area contributed by atoms with Crippen molar-refractivity contribution in [2.75, 3.05) is 12.4 Å². The fourth-order valence-corrected chi connectivity index (χ4v) is 1.35. The van der Waals surface area contributed by atoms with E-state index in [1.54, 1.807) is 13.0 Å². The van der Waals surface area contributed by atoms with E-state index in [2.05, 4.69) is 15.3 Å². The van der Waals surface area contributed by atoms with Crippen molar-refractivity contribution in [2.24, 2.45) is 5.73 Å². The molecule has 0 radical (unpaired) electrons. The predicted molar refractivity (Wildman–Crippen MR) is 64.8 cm³/mol. The van der Waals surface area contributed by atoms with Gasteiger partial charge in [0.05, 0.1) is 13.2 Å². The molecule has 0 saturated heterocycles. The van der Waals surface area contributed by atoms with Crippen molar-refractivity contribution in [3.8, 4) is 5.88 Å². The molecule has 0 aliphatic rings. The number of nitrogens with one attached hydrogen (secondary N) is 1. The Hall–Kier alpha value is -1.69. The van der Waals surface area contributed by atoms with Crippen LogP contribution in [0.2, 0.25) is 0 Å². The fourth-order valence-electron chi connectivity index (χ4n) is 1.35. The number of nitrogens with two attached hydrogens (primary N) is 1. The third-order valence-electron chi connectivity index (χ3n) is 2.21. The average Bonchev–Trinajstić information content (AvgIpc) is 2.28. The first-order chi connectivity index (χ1) is 8.06. The van der Waals surface area contributed by atoms with Crippen molar-refractivity contribution in [3.05, 3.63) is 11.8 Å². The second-order valence-electron chi connectivity index (χ2n) is 3.76. The maximum absolute atomic E-state index is 11.7. The molecule has 1 heterocycles. The summed E-state index contributed by atoms with van der Waals surface area (Å²) >= 11 is 0. The minimum atomic E-state index is -0.532. The van der Waals surface area contributed by atoms with E-state index in [1.165, 1.54) is 7.11 Å². The third-order valence-corrected chi connectivity index (χ3v) is 2.21. The Morgan fingerprint density at radius 2 is 2.29 bits per heavy atom. The van der Waals surface area contributed by atoms with Crippen molar-refractivity contribution in [3.63, 3.8) is 0 Å². The van der Waals surface area contributed by atoms with Crippen molar-refractivity contribution >= 4 is 11.9 Å². The minimum absolute atomic E-state index is 0.221. The summed E-state index contributed by atoms with van der Waals surface area (Å²) in [6.07, 6.45) is 1.49. The number of anilines is 1. The first-order valence-electron chi connectivity index (χ1n) is 5.53. The first-order valence-corrected chi connectivity index (χ1v) is 5.53. The molecule has 0 aliphatic heterocycles. The van der Waals surface area contributed by atoms with E-state index >= 15 is 0 Å². The summed E-state index contributed by atoms with van der Waals surface area (Å²) in [6.45, 7) is 3.77. The van der Waals surface area contributed by atoms with E-state index < -0.39 is 6.04 Å². The molecule has 0 bridgehead atoms. The normalized spacial score (nSPS) is 12.0. The number of amides is 1. The van der Waals surface area contributed by atoms with Crippen LogP contribution in [0, 0.1) is 6.92 Å². The molecule has 1 atom stereocenters. The summed E-state index contributed by atoms with van der Waals surface area (Å²) in [4.78, 5) is 19.8. The van der Waals surface area contributed by atoms with Crippen LogP contribution < -0.4 is 15.8 Å². The van der Waals surface area contributed by atoms with Crippen LogP contribution in [0.1, 0.15) is 25.5 Å². The summed E-state index contributed by atoms with van der Waals surface area (Å²) in [5.74, 6) is 0.356. The van der Waals surface area contributed by atoms with Gasteiger partial charge in [-0.15, -0.1) is 0 Å². The highest BCUT2D eigenvalue weighted by Gasteiger charge is 2.14. The molecular formula is C11H18N4O2. The van der Waals surface area contributed by atoms with Gasteiger partial charge in [0.2, 0.25) is 17.7 Å². The minimum Gasteiger partial charge on any atom is -0.481 e. The highest BCUT2D eigenvalue weighted by Crippen LogP contribution is 2.11. The number of aromatic nitrogens is 2. The zero-order valence-corrected chi connectivity index (χ0v) is 10.4. The van der Waals surface area contributed by atoms with Crippen molar-refractivity contribution in [2.45, 2.75) is 32.7 Å². The number of hydrogen-bond donors (Lipinski definition) is 2. The topological polar surface area (TPSA) is 90.1 Å². The number of hydrogen-bond acceptors (Lipinski definition) is 5. The van der Waals surface area contributed by atoms with E-state index in [-0.39, 0.29) is 11.9 Å². The molecule has 0 aromatic carbocycles. The van der Waals surface area contributed by atoms with Gasteiger partial charge >= 0.3 is 0 Å².